The van der Waals surface area contributed by atoms with Gasteiger partial charge in [-0.3, -0.25) is 0 Å². The molecule has 0 saturated carbocycles. The van der Waals surface area contributed by atoms with E-state index in [1.165, 1.54) is 6.07 Å². The minimum Gasteiger partial charge on any atom is -0.399 e. The largest absolute Gasteiger partial charge is 0.417 e. The van der Waals surface area contributed by atoms with E-state index >= 15 is 0 Å². The van der Waals surface area contributed by atoms with E-state index in [2.05, 4.69) is 4.31 Å². The zero-order chi connectivity index (χ0) is 18.5. The number of ether oxygens (including phenoxy) is 1. The number of nitrogens with two attached hydrogens (primary N) is 1. The summed E-state index contributed by atoms with van der Waals surface area (Å²) in [5.74, 6) is 0. The van der Waals surface area contributed by atoms with Crippen molar-refractivity contribution in [2.75, 3.05) is 32.0 Å². The van der Waals surface area contributed by atoms with E-state index in [1.54, 1.807) is 24.1 Å². The van der Waals surface area contributed by atoms with Gasteiger partial charge in [0.1, 0.15) is 0 Å². The average Bonchev–Trinajstić information content (AvgIpc) is 2.48. The second kappa shape index (κ2) is 6.34. The van der Waals surface area contributed by atoms with Crippen LogP contribution in [0.2, 0.25) is 5.02 Å². The molecule has 138 valence electrons. The molecule has 2 aliphatic heterocycles. The van der Waals surface area contributed by atoms with Crippen molar-refractivity contribution in [3.05, 3.63) is 47.0 Å². The molecule has 26 heavy (non-hydrogen) atoms. The van der Waals surface area contributed by atoms with Crippen molar-refractivity contribution < 1.29 is 17.9 Å². The van der Waals surface area contributed by atoms with Crippen molar-refractivity contribution >= 4 is 29.2 Å². The number of rotatable bonds is 3. The molecule has 2 fully saturated rings. The van der Waals surface area contributed by atoms with Gasteiger partial charge < -0.3 is 10.5 Å². The molecule has 4 rings (SSSR count). The van der Waals surface area contributed by atoms with Gasteiger partial charge >= 0.3 is 6.18 Å². The van der Waals surface area contributed by atoms with Crippen molar-refractivity contribution in [3.8, 4) is 11.1 Å². The van der Waals surface area contributed by atoms with Crippen LogP contribution in [0, 0.1) is 5.41 Å². The third-order valence-corrected chi connectivity index (χ3v) is 5.93. The lowest BCUT2D eigenvalue weighted by Gasteiger charge is -2.54. The Bertz CT molecular complexity index is 830. The zero-order valence-corrected chi connectivity index (χ0v) is 15.2. The van der Waals surface area contributed by atoms with Crippen LogP contribution >= 0.6 is 23.5 Å². The molecule has 3 nitrogen and oxygen atoms in total. The van der Waals surface area contributed by atoms with Crippen LogP contribution in [0.5, 0.6) is 0 Å². The van der Waals surface area contributed by atoms with Crippen LogP contribution in [0.1, 0.15) is 5.56 Å². The smallest absolute Gasteiger partial charge is 0.399 e. The molecule has 2 saturated heterocycles. The molecule has 2 N–H and O–H groups in total. The Labute approximate surface area is 158 Å². The van der Waals surface area contributed by atoms with Gasteiger partial charge in [-0.15, -0.1) is 0 Å². The van der Waals surface area contributed by atoms with E-state index in [4.69, 9.17) is 22.1 Å². The first kappa shape index (κ1) is 18.0. The highest BCUT2D eigenvalue weighted by atomic mass is 35.5. The fourth-order valence-corrected chi connectivity index (χ4v) is 4.89. The molecule has 2 aliphatic rings. The number of nitrogen functional groups attached to an aromatic ring is 1. The maximum Gasteiger partial charge on any atom is 0.417 e. The molecule has 2 aromatic rings. The SMILES string of the molecule is Nc1cc(Cl)c(-c2ccc(SN3CC4(COC4)C3)cc2)c(C(F)(F)F)c1. The highest BCUT2D eigenvalue weighted by Gasteiger charge is 2.49. The van der Waals surface area contributed by atoms with Gasteiger partial charge in [-0.25, -0.2) is 4.31 Å². The first-order valence-electron chi connectivity index (χ1n) is 8.03. The van der Waals surface area contributed by atoms with Crippen molar-refractivity contribution in [1.29, 1.82) is 0 Å². The summed E-state index contributed by atoms with van der Waals surface area (Å²) in [6.45, 7) is 3.58. The lowest BCUT2D eigenvalue weighted by Crippen LogP contribution is -2.63. The quantitative estimate of drug-likeness (QED) is 0.584. The van der Waals surface area contributed by atoms with E-state index in [0.717, 1.165) is 37.3 Å². The van der Waals surface area contributed by atoms with Gasteiger partial charge in [0.05, 0.1) is 23.8 Å². The summed E-state index contributed by atoms with van der Waals surface area (Å²) in [5.41, 5.74) is 5.41. The molecule has 2 heterocycles. The van der Waals surface area contributed by atoms with Crippen LogP contribution in [0.15, 0.2) is 41.3 Å². The topological polar surface area (TPSA) is 38.5 Å². The van der Waals surface area contributed by atoms with Crippen molar-refractivity contribution in [3.63, 3.8) is 0 Å². The summed E-state index contributed by atoms with van der Waals surface area (Å²) in [7, 11) is 0. The molecular formula is C18H16ClF3N2OS. The minimum absolute atomic E-state index is 0.00704. The average molecular weight is 401 g/mol. The fraction of sp³-hybridized carbons (Fsp3) is 0.333. The lowest BCUT2D eigenvalue weighted by molar-refractivity contribution is -0.164. The molecule has 0 atom stereocenters. The molecule has 1 spiro atoms. The standard InChI is InChI=1S/C18H16ClF3N2OS/c19-15-6-12(23)5-14(18(20,21)22)16(15)11-1-3-13(4-2-11)26-24-7-17(8-24)9-25-10-17/h1-6H,7-10,23H2. The number of hydrogen-bond acceptors (Lipinski definition) is 4. The number of anilines is 1. The molecule has 0 bridgehead atoms. The summed E-state index contributed by atoms with van der Waals surface area (Å²) in [6.07, 6.45) is -4.53. The highest BCUT2D eigenvalue weighted by Crippen LogP contribution is 2.45. The Hall–Kier alpha value is -1.41. The normalized spacial score (nSPS) is 19.2. The Kier molecular flexibility index (Phi) is 4.38. The van der Waals surface area contributed by atoms with E-state index in [1.807, 2.05) is 12.1 Å². The second-order valence-corrected chi connectivity index (χ2v) is 8.41. The van der Waals surface area contributed by atoms with Crippen LogP contribution in [-0.4, -0.2) is 30.6 Å². The van der Waals surface area contributed by atoms with E-state index < -0.39 is 11.7 Å². The van der Waals surface area contributed by atoms with Crippen molar-refractivity contribution in [2.45, 2.75) is 11.1 Å². The molecule has 8 heteroatoms. The molecule has 2 aromatic carbocycles. The van der Waals surface area contributed by atoms with Gasteiger partial charge in [-0.05, 0) is 41.8 Å². The summed E-state index contributed by atoms with van der Waals surface area (Å²) in [6, 6.07) is 9.22. The van der Waals surface area contributed by atoms with Gasteiger partial charge in [-0.2, -0.15) is 13.2 Å². The summed E-state index contributed by atoms with van der Waals surface area (Å²) in [5, 5.41) is -0.00704. The summed E-state index contributed by atoms with van der Waals surface area (Å²) in [4.78, 5) is 0.976. The Morgan fingerprint density at radius 3 is 2.31 bits per heavy atom. The number of halogens is 4. The van der Waals surface area contributed by atoms with Gasteiger partial charge in [0.2, 0.25) is 0 Å². The zero-order valence-electron chi connectivity index (χ0n) is 13.6. The monoisotopic (exact) mass is 400 g/mol. The summed E-state index contributed by atoms with van der Waals surface area (Å²) >= 11 is 7.68. The lowest BCUT2D eigenvalue weighted by atomic mass is 9.80. The maximum atomic E-state index is 13.4. The third-order valence-electron chi connectivity index (χ3n) is 4.64. The molecular weight excluding hydrogens is 385 g/mol. The Morgan fingerprint density at radius 1 is 1.12 bits per heavy atom. The number of hydrogen-bond donors (Lipinski definition) is 1. The van der Waals surface area contributed by atoms with Crippen molar-refractivity contribution in [1.82, 2.24) is 4.31 Å². The van der Waals surface area contributed by atoms with Crippen LogP contribution in [0.3, 0.4) is 0 Å². The molecule has 0 aromatic heterocycles. The Morgan fingerprint density at radius 2 is 1.77 bits per heavy atom. The van der Waals surface area contributed by atoms with Gasteiger partial charge in [-0.1, -0.05) is 23.7 Å². The van der Waals surface area contributed by atoms with Gasteiger partial charge in [0.25, 0.3) is 0 Å². The van der Waals surface area contributed by atoms with E-state index in [0.29, 0.717) is 11.0 Å². The predicted octanol–water partition coefficient (Wildman–Crippen LogP) is 4.95. The first-order valence-corrected chi connectivity index (χ1v) is 9.18. The van der Waals surface area contributed by atoms with Crippen LogP contribution in [0.4, 0.5) is 18.9 Å². The van der Waals surface area contributed by atoms with Crippen LogP contribution in [0.25, 0.3) is 11.1 Å². The van der Waals surface area contributed by atoms with Crippen LogP contribution in [-0.2, 0) is 10.9 Å². The number of benzene rings is 2. The predicted molar refractivity (Wildman–Crippen MR) is 97.0 cm³/mol. The second-order valence-electron chi connectivity index (χ2n) is 6.83. The third kappa shape index (κ3) is 3.29. The first-order chi connectivity index (χ1) is 12.3. The van der Waals surface area contributed by atoms with Gasteiger partial charge in [0, 0.05) is 34.7 Å². The molecule has 0 amide bonds. The summed E-state index contributed by atoms with van der Waals surface area (Å²) < 4.78 is 47.6. The van der Waals surface area contributed by atoms with E-state index in [9.17, 15) is 13.2 Å². The molecule has 0 unspecified atom stereocenters. The van der Waals surface area contributed by atoms with Crippen LogP contribution < -0.4 is 5.73 Å². The number of nitrogens with zero attached hydrogens (tertiary/aromatic N) is 1. The minimum atomic E-state index is -4.53. The highest BCUT2D eigenvalue weighted by molar-refractivity contribution is 7.97. The molecule has 0 radical (unpaired) electrons. The maximum absolute atomic E-state index is 13.4. The molecule has 0 aliphatic carbocycles. The fourth-order valence-electron chi connectivity index (χ4n) is 3.32. The van der Waals surface area contributed by atoms with Gasteiger partial charge in [0.15, 0.2) is 0 Å². The van der Waals surface area contributed by atoms with Crippen molar-refractivity contribution in [2.24, 2.45) is 5.41 Å². The Balaban J connectivity index is 1.55. The number of alkyl halides is 3. The van der Waals surface area contributed by atoms with E-state index in [-0.39, 0.29) is 16.3 Å².